The number of methoxy groups -OCH3 is 2. The number of benzene rings is 3. The molecule has 5 nitrogen and oxygen atoms in total. The summed E-state index contributed by atoms with van der Waals surface area (Å²) in [5.74, 6) is 2.16. The average molecular weight is 493 g/mol. The Morgan fingerprint density at radius 1 is 0.919 bits per heavy atom. The lowest BCUT2D eigenvalue weighted by Gasteiger charge is -2.26. The predicted octanol–water partition coefficient (Wildman–Crippen LogP) is 6.55. The van der Waals surface area contributed by atoms with E-state index in [0.29, 0.717) is 12.5 Å². The summed E-state index contributed by atoms with van der Waals surface area (Å²) in [6.07, 6.45) is 7.23. The van der Waals surface area contributed by atoms with Crippen molar-refractivity contribution in [3.05, 3.63) is 113 Å². The highest BCUT2D eigenvalue weighted by atomic mass is 16.5. The average Bonchev–Trinajstić information content (AvgIpc) is 2.95. The van der Waals surface area contributed by atoms with E-state index in [1.165, 1.54) is 22.3 Å². The van der Waals surface area contributed by atoms with Crippen LogP contribution in [-0.2, 0) is 13.0 Å². The van der Waals surface area contributed by atoms with Crippen LogP contribution >= 0.6 is 0 Å². The van der Waals surface area contributed by atoms with Crippen LogP contribution in [0.1, 0.15) is 33.9 Å². The number of aromatic nitrogens is 1. The Hall–Kier alpha value is -4.09. The molecule has 188 valence electrons. The second-order valence-electron chi connectivity index (χ2n) is 9.18. The van der Waals surface area contributed by atoms with Gasteiger partial charge in [-0.1, -0.05) is 60.7 Å². The lowest BCUT2D eigenvalue weighted by Crippen LogP contribution is -2.28. The van der Waals surface area contributed by atoms with Crippen LogP contribution < -0.4 is 19.5 Å². The maximum atomic E-state index is 6.15. The second kappa shape index (κ2) is 11.3. The standard InChI is InChI=1S/C32H32N2O3/c1-22-17-25(27-12-14-32(36-3)34-20-27)10-9-24(22)11-13-29-28-19-30(35-2)31(18-26(28)15-16-33-29)37-21-23-7-5-4-6-8-23/h4-14,17-20,29,33H,15-16,21H2,1-3H3/b13-11+. The maximum Gasteiger partial charge on any atom is 0.212 e. The number of nitrogens with zero attached hydrogens (tertiary/aromatic N) is 1. The zero-order valence-corrected chi connectivity index (χ0v) is 21.5. The largest absolute Gasteiger partial charge is 0.493 e. The number of hydrogen-bond acceptors (Lipinski definition) is 5. The van der Waals surface area contributed by atoms with Crippen molar-refractivity contribution in [1.82, 2.24) is 10.3 Å². The fourth-order valence-corrected chi connectivity index (χ4v) is 4.69. The van der Waals surface area contributed by atoms with Crippen LogP contribution in [0.2, 0.25) is 0 Å². The summed E-state index contributed by atoms with van der Waals surface area (Å²) < 4.78 is 17.0. The van der Waals surface area contributed by atoms with Gasteiger partial charge < -0.3 is 19.5 Å². The topological polar surface area (TPSA) is 52.6 Å². The number of rotatable bonds is 8. The van der Waals surface area contributed by atoms with E-state index in [2.05, 4.69) is 71.8 Å². The van der Waals surface area contributed by atoms with Crippen molar-refractivity contribution >= 4 is 6.08 Å². The van der Waals surface area contributed by atoms with Gasteiger partial charge in [0.25, 0.3) is 0 Å². The molecule has 5 rings (SSSR count). The third-order valence-electron chi connectivity index (χ3n) is 6.77. The van der Waals surface area contributed by atoms with Crippen LogP contribution in [0.15, 0.2) is 85.1 Å². The highest BCUT2D eigenvalue weighted by molar-refractivity contribution is 5.67. The highest BCUT2D eigenvalue weighted by Crippen LogP contribution is 2.36. The van der Waals surface area contributed by atoms with Gasteiger partial charge in [0, 0.05) is 24.4 Å². The van der Waals surface area contributed by atoms with Gasteiger partial charge in [0.15, 0.2) is 11.5 Å². The van der Waals surface area contributed by atoms with Gasteiger partial charge in [0.05, 0.1) is 20.3 Å². The quantitative estimate of drug-likeness (QED) is 0.302. The van der Waals surface area contributed by atoms with Crippen LogP contribution in [0, 0.1) is 6.92 Å². The van der Waals surface area contributed by atoms with Crippen molar-refractivity contribution in [1.29, 1.82) is 0 Å². The molecule has 1 aromatic heterocycles. The van der Waals surface area contributed by atoms with E-state index < -0.39 is 0 Å². The molecule has 0 bridgehead atoms. The zero-order chi connectivity index (χ0) is 25.6. The van der Waals surface area contributed by atoms with Gasteiger partial charge in [0.2, 0.25) is 5.88 Å². The monoisotopic (exact) mass is 492 g/mol. The molecule has 37 heavy (non-hydrogen) atoms. The molecule has 1 unspecified atom stereocenters. The molecule has 3 aromatic carbocycles. The van der Waals surface area contributed by atoms with Gasteiger partial charge in [0.1, 0.15) is 6.61 Å². The molecular weight excluding hydrogens is 460 g/mol. The normalized spacial score (nSPS) is 14.8. The van der Waals surface area contributed by atoms with Crippen molar-refractivity contribution in [3.8, 4) is 28.5 Å². The zero-order valence-electron chi connectivity index (χ0n) is 21.5. The number of ether oxygens (including phenoxy) is 3. The summed E-state index contributed by atoms with van der Waals surface area (Å²) in [7, 11) is 3.32. The van der Waals surface area contributed by atoms with E-state index in [1.54, 1.807) is 14.2 Å². The first-order valence-corrected chi connectivity index (χ1v) is 12.5. The van der Waals surface area contributed by atoms with Crippen molar-refractivity contribution in [2.45, 2.75) is 26.0 Å². The molecule has 2 heterocycles. The molecule has 4 aromatic rings. The summed E-state index contributed by atoms with van der Waals surface area (Å²) in [4.78, 5) is 4.33. The number of nitrogens with one attached hydrogen (secondary N) is 1. The second-order valence-corrected chi connectivity index (χ2v) is 9.18. The van der Waals surface area contributed by atoms with E-state index >= 15 is 0 Å². The third kappa shape index (κ3) is 5.68. The van der Waals surface area contributed by atoms with E-state index in [0.717, 1.165) is 41.2 Å². The van der Waals surface area contributed by atoms with Gasteiger partial charge >= 0.3 is 0 Å². The molecule has 0 aliphatic carbocycles. The minimum absolute atomic E-state index is 0.102. The van der Waals surface area contributed by atoms with Crippen molar-refractivity contribution in [3.63, 3.8) is 0 Å². The van der Waals surface area contributed by atoms with Crippen molar-refractivity contribution in [2.24, 2.45) is 0 Å². The maximum absolute atomic E-state index is 6.15. The smallest absolute Gasteiger partial charge is 0.212 e. The number of fused-ring (bicyclic) bond motifs is 1. The summed E-state index contributed by atoms with van der Waals surface area (Å²) in [6.45, 7) is 3.57. The third-order valence-corrected chi connectivity index (χ3v) is 6.77. The molecule has 1 atom stereocenters. The molecule has 1 aliphatic rings. The first-order chi connectivity index (χ1) is 18.1. The molecule has 0 spiro atoms. The fraction of sp³-hybridized carbons (Fsp3) is 0.219. The molecule has 1 aliphatic heterocycles. The first kappa shape index (κ1) is 24.6. The Kier molecular flexibility index (Phi) is 7.52. The van der Waals surface area contributed by atoms with Crippen LogP contribution in [-0.4, -0.2) is 25.7 Å². The summed E-state index contributed by atoms with van der Waals surface area (Å²) in [5, 5.41) is 3.64. The lowest BCUT2D eigenvalue weighted by atomic mass is 9.92. The van der Waals surface area contributed by atoms with Crippen molar-refractivity contribution < 1.29 is 14.2 Å². The van der Waals surface area contributed by atoms with Gasteiger partial charge in [-0.25, -0.2) is 4.98 Å². The number of aryl methyl sites for hydroxylation is 1. The predicted molar refractivity (Wildman–Crippen MR) is 148 cm³/mol. The van der Waals surface area contributed by atoms with Gasteiger partial charge in [-0.15, -0.1) is 0 Å². The minimum Gasteiger partial charge on any atom is -0.493 e. The summed E-state index contributed by atoms with van der Waals surface area (Å²) in [5.41, 5.74) is 8.26. The SMILES string of the molecule is COc1ccc(-c2ccc(/C=C/C3NCCc4cc(OCc5ccccc5)c(OC)cc43)c(C)c2)cn1. The van der Waals surface area contributed by atoms with E-state index in [9.17, 15) is 0 Å². The van der Waals surface area contributed by atoms with Crippen LogP contribution in [0.3, 0.4) is 0 Å². The molecule has 1 N–H and O–H groups in total. The van der Waals surface area contributed by atoms with Gasteiger partial charge in [-0.05, 0) is 64.9 Å². The van der Waals surface area contributed by atoms with E-state index in [-0.39, 0.29) is 6.04 Å². The Labute approximate surface area is 218 Å². The molecule has 0 radical (unpaired) electrons. The number of hydrogen-bond donors (Lipinski definition) is 1. The van der Waals surface area contributed by atoms with Crippen molar-refractivity contribution in [2.75, 3.05) is 20.8 Å². The first-order valence-electron chi connectivity index (χ1n) is 12.5. The molecule has 5 heteroatoms. The van der Waals surface area contributed by atoms with Gasteiger partial charge in [-0.2, -0.15) is 0 Å². The van der Waals surface area contributed by atoms with E-state index in [4.69, 9.17) is 14.2 Å². The van der Waals surface area contributed by atoms with E-state index in [1.807, 2.05) is 36.5 Å². The van der Waals surface area contributed by atoms with Gasteiger partial charge in [-0.3, -0.25) is 0 Å². The summed E-state index contributed by atoms with van der Waals surface area (Å²) in [6, 6.07) is 25.0. The minimum atomic E-state index is 0.102. The Bertz CT molecular complexity index is 1380. The molecule has 0 saturated heterocycles. The fourth-order valence-electron chi connectivity index (χ4n) is 4.69. The number of pyridine rings is 1. The molecule has 0 saturated carbocycles. The Morgan fingerprint density at radius 2 is 1.76 bits per heavy atom. The van der Waals surface area contributed by atoms with Crippen LogP contribution in [0.25, 0.3) is 17.2 Å². The molecule has 0 amide bonds. The lowest BCUT2D eigenvalue weighted by molar-refractivity contribution is 0.283. The summed E-state index contributed by atoms with van der Waals surface area (Å²) >= 11 is 0. The van der Waals surface area contributed by atoms with Crippen LogP contribution in [0.4, 0.5) is 0 Å². The molecular formula is C32H32N2O3. The molecule has 0 fully saturated rings. The van der Waals surface area contributed by atoms with Crippen LogP contribution in [0.5, 0.6) is 17.4 Å². The highest BCUT2D eigenvalue weighted by Gasteiger charge is 2.21. The Balaban J connectivity index is 1.34. The Morgan fingerprint density at radius 3 is 2.49 bits per heavy atom.